The van der Waals surface area contributed by atoms with Gasteiger partial charge in [0.15, 0.2) is 11.5 Å². The van der Waals surface area contributed by atoms with Crippen molar-refractivity contribution in [1.82, 2.24) is 20.0 Å². The Bertz CT molecular complexity index is 936. The number of amides is 2. The second kappa shape index (κ2) is 6.78. The summed E-state index contributed by atoms with van der Waals surface area (Å²) >= 11 is 0. The Hall–Kier alpha value is -3.15. The van der Waals surface area contributed by atoms with Crippen molar-refractivity contribution in [1.29, 1.82) is 0 Å². The number of pyridine rings is 1. The van der Waals surface area contributed by atoms with Crippen molar-refractivity contribution in [2.45, 2.75) is 25.7 Å². The predicted molar refractivity (Wildman–Crippen MR) is 94.9 cm³/mol. The van der Waals surface area contributed by atoms with E-state index in [1.807, 2.05) is 0 Å². The highest BCUT2D eigenvalue weighted by Crippen LogP contribution is 2.52. The van der Waals surface area contributed by atoms with E-state index < -0.39 is 36.2 Å². The summed E-state index contributed by atoms with van der Waals surface area (Å²) in [5.41, 5.74) is 5.55. The Morgan fingerprint density at radius 3 is 2.54 bits per heavy atom. The second-order valence-corrected chi connectivity index (χ2v) is 6.82. The van der Waals surface area contributed by atoms with Gasteiger partial charge in [-0.2, -0.15) is 0 Å². The van der Waals surface area contributed by atoms with Gasteiger partial charge >= 0.3 is 6.09 Å². The molecule has 0 spiro atoms. The molecule has 2 heterocycles. The number of nitrogens with one attached hydrogen (secondary N) is 2. The molecular weight excluding hydrogens is 376 g/mol. The van der Waals surface area contributed by atoms with Gasteiger partial charge in [-0.05, 0) is 19.1 Å². The van der Waals surface area contributed by atoms with E-state index >= 15 is 0 Å². The number of hydrogen-bond donors (Lipinski definition) is 4. The average Bonchev–Trinajstić information content (AvgIpc) is 2.94. The molecular formula is C16H19F2N7O3. The first kappa shape index (κ1) is 19.6. The van der Waals surface area contributed by atoms with Gasteiger partial charge in [0.2, 0.25) is 11.8 Å². The zero-order valence-corrected chi connectivity index (χ0v) is 15.2. The van der Waals surface area contributed by atoms with Gasteiger partial charge in [-0.3, -0.25) is 10.1 Å². The van der Waals surface area contributed by atoms with E-state index in [0.29, 0.717) is 17.1 Å². The summed E-state index contributed by atoms with van der Waals surface area (Å²) in [6.07, 6.45) is -2.45. The van der Waals surface area contributed by atoms with Crippen LogP contribution in [0.15, 0.2) is 12.1 Å². The average molecular weight is 395 g/mol. The number of nitrogens with two attached hydrogens (primary N) is 1. The SMILES string of the molecule is Cc1nc(-c2nnn(C)c2NC(=O)O)ccc1NC(=O)C1(CN)CC(F)(F)C1. The minimum atomic E-state index is -2.88. The Balaban J connectivity index is 1.82. The molecule has 2 aromatic rings. The molecule has 0 aliphatic heterocycles. The van der Waals surface area contributed by atoms with Gasteiger partial charge in [-0.25, -0.2) is 23.2 Å². The minimum absolute atomic E-state index is 0.134. The molecule has 0 aromatic carbocycles. The lowest BCUT2D eigenvalue weighted by Gasteiger charge is -2.45. The van der Waals surface area contributed by atoms with Crippen molar-refractivity contribution in [3.8, 4) is 11.4 Å². The van der Waals surface area contributed by atoms with Gasteiger partial charge < -0.3 is 16.2 Å². The number of carbonyl (C=O) groups is 2. The van der Waals surface area contributed by atoms with E-state index in [9.17, 15) is 18.4 Å². The first-order valence-electron chi connectivity index (χ1n) is 8.34. The van der Waals surface area contributed by atoms with Gasteiger partial charge in [-0.1, -0.05) is 5.21 Å². The number of carboxylic acid groups (broad SMARTS) is 1. The zero-order chi connectivity index (χ0) is 20.7. The molecule has 1 aliphatic rings. The van der Waals surface area contributed by atoms with Crippen molar-refractivity contribution in [3.05, 3.63) is 17.8 Å². The highest BCUT2D eigenvalue weighted by Gasteiger charge is 2.60. The van der Waals surface area contributed by atoms with Gasteiger partial charge in [0, 0.05) is 26.4 Å². The number of aromatic nitrogens is 4. The Labute approximate surface area is 158 Å². The van der Waals surface area contributed by atoms with E-state index in [2.05, 4.69) is 25.9 Å². The molecule has 1 fully saturated rings. The molecule has 10 nitrogen and oxygen atoms in total. The second-order valence-electron chi connectivity index (χ2n) is 6.82. The van der Waals surface area contributed by atoms with E-state index in [-0.39, 0.29) is 18.1 Å². The molecule has 2 aromatic heterocycles. The molecule has 2 amide bonds. The molecule has 0 saturated heterocycles. The van der Waals surface area contributed by atoms with Crippen LogP contribution >= 0.6 is 0 Å². The lowest BCUT2D eigenvalue weighted by Crippen LogP contribution is -2.57. The molecule has 12 heteroatoms. The van der Waals surface area contributed by atoms with Gasteiger partial charge in [0.25, 0.3) is 0 Å². The number of hydrogen-bond acceptors (Lipinski definition) is 6. The number of aryl methyl sites for hydroxylation is 2. The van der Waals surface area contributed by atoms with Crippen LogP contribution in [-0.4, -0.2) is 49.6 Å². The van der Waals surface area contributed by atoms with Crippen molar-refractivity contribution in [3.63, 3.8) is 0 Å². The maximum absolute atomic E-state index is 13.3. The molecule has 1 aliphatic carbocycles. The zero-order valence-electron chi connectivity index (χ0n) is 15.2. The third-order valence-corrected chi connectivity index (χ3v) is 4.70. The summed E-state index contributed by atoms with van der Waals surface area (Å²) < 4.78 is 27.8. The first-order chi connectivity index (χ1) is 13.1. The van der Waals surface area contributed by atoms with Gasteiger partial charge in [0.1, 0.15) is 0 Å². The topological polar surface area (TPSA) is 148 Å². The van der Waals surface area contributed by atoms with Crippen molar-refractivity contribution in [2.24, 2.45) is 18.2 Å². The molecule has 0 radical (unpaired) electrons. The van der Waals surface area contributed by atoms with Crippen LogP contribution in [0.2, 0.25) is 0 Å². The molecule has 150 valence electrons. The number of carbonyl (C=O) groups excluding carboxylic acids is 1. The Morgan fingerprint density at radius 1 is 1.32 bits per heavy atom. The highest BCUT2D eigenvalue weighted by molar-refractivity contribution is 5.97. The molecule has 0 unspecified atom stereocenters. The number of rotatable bonds is 5. The maximum atomic E-state index is 13.3. The third-order valence-electron chi connectivity index (χ3n) is 4.70. The summed E-state index contributed by atoms with van der Waals surface area (Å²) in [6.45, 7) is 1.44. The fourth-order valence-corrected chi connectivity index (χ4v) is 3.19. The summed E-state index contributed by atoms with van der Waals surface area (Å²) in [5.74, 6) is -3.32. The minimum Gasteiger partial charge on any atom is -0.465 e. The summed E-state index contributed by atoms with van der Waals surface area (Å²) in [6, 6.07) is 3.06. The van der Waals surface area contributed by atoms with Crippen LogP contribution in [0, 0.1) is 12.3 Å². The smallest absolute Gasteiger partial charge is 0.410 e. The Morgan fingerprint density at radius 2 is 2.00 bits per heavy atom. The summed E-state index contributed by atoms with van der Waals surface area (Å²) in [7, 11) is 1.52. The van der Waals surface area contributed by atoms with E-state index in [0.717, 1.165) is 0 Å². The number of nitrogens with zero attached hydrogens (tertiary/aromatic N) is 4. The van der Waals surface area contributed by atoms with Crippen LogP contribution in [0.1, 0.15) is 18.5 Å². The summed E-state index contributed by atoms with van der Waals surface area (Å²) in [5, 5.41) is 21.4. The first-order valence-corrected chi connectivity index (χ1v) is 8.34. The fraction of sp³-hybridized carbons (Fsp3) is 0.438. The monoisotopic (exact) mass is 395 g/mol. The quantitative estimate of drug-likeness (QED) is 0.601. The number of halogens is 2. The standard InChI is InChI=1S/C16H19F2N7O3/c1-8-9(21-13(26)15(7-19)5-16(17,18)6-15)3-4-10(20-8)11-12(22-14(27)28)25(2)24-23-11/h3-4,22H,5-7,19H2,1-2H3,(H,21,26)(H,27,28). The lowest BCUT2D eigenvalue weighted by molar-refractivity contribution is -0.172. The molecule has 5 N–H and O–H groups in total. The van der Waals surface area contributed by atoms with Gasteiger partial charge in [0.05, 0.1) is 22.5 Å². The number of anilines is 2. The highest BCUT2D eigenvalue weighted by atomic mass is 19.3. The largest absolute Gasteiger partial charge is 0.465 e. The lowest BCUT2D eigenvalue weighted by atomic mass is 9.65. The molecule has 0 atom stereocenters. The number of alkyl halides is 2. The van der Waals surface area contributed by atoms with E-state index in [1.165, 1.54) is 23.9 Å². The molecule has 1 saturated carbocycles. The van der Waals surface area contributed by atoms with Gasteiger partial charge in [-0.15, -0.1) is 5.10 Å². The molecule has 0 bridgehead atoms. The van der Waals surface area contributed by atoms with Crippen LogP contribution in [-0.2, 0) is 11.8 Å². The van der Waals surface area contributed by atoms with E-state index in [4.69, 9.17) is 10.8 Å². The van der Waals surface area contributed by atoms with Crippen LogP contribution < -0.4 is 16.4 Å². The molecule has 3 rings (SSSR count). The maximum Gasteiger partial charge on any atom is 0.410 e. The van der Waals surface area contributed by atoms with Crippen LogP contribution in [0.3, 0.4) is 0 Å². The van der Waals surface area contributed by atoms with Crippen LogP contribution in [0.4, 0.5) is 25.1 Å². The Kier molecular flexibility index (Phi) is 4.75. The normalized spacial score (nSPS) is 16.9. The molecule has 28 heavy (non-hydrogen) atoms. The van der Waals surface area contributed by atoms with Crippen molar-refractivity contribution < 1.29 is 23.5 Å². The van der Waals surface area contributed by atoms with Crippen molar-refractivity contribution in [2.75, 3.05) is 17.2 Å². The predicted octanol–water partition coefficient (Wildman–Crippen LogP) is 1.59. The fourth-order valence-electron chi connectivity index (χ4n) is 3.19. The van der Waals surface area contributed by atoms with Crippen LogP contribution in [0.25, 0.3) is 11.4 Å². The van der Waals surface area contributed by atoms with E-state index in [1.54, 1.807) is 6.92 Å². The van der Waals surface area contributed by atoms with Crippen molar-refractivity contribution >= 4 is 23.5 Å². The van der Waals surface area contributed by atoms with Crippen LogP contribution in [0.5, 0.6) is 0 Å². The third kappa shape index (κ3) is 3.50. The summed E-state index contributed by atoms with van der Waals surface area (Å²) in [4.78, 5) is 27.7.